The number of esters is 1. The average molecular weight is 407 g/mol. The van der Waals surface area contributed by atoms with Crippen LogP contribution < -0.4 is 14.8 Å². The summed E-state index contributed by atoms with van der Waals surface area (Å²) in [6.07, 6.45) is -0.183. The third-order valence-electron chi connectivity index (χ3n) is 3.75. The van der Waals surface area contributed by atoms with Crippen molar-refractivity contribution in [1.29, 1.82) is 0 Å². The maximum Gasteiger partial charge on any atom is 0.387 e. The Morgan fingerprint density at radius 2 is 1.76 bits per heavy atom. The average Bonchev–Trinajstić information content (AvgIpc) is 2.67. The molecule has 2 aromatic rings. The summed E-state index contributed by atoms with van der Waals surface area (Å²) >= 11 is 0. The zero-order chi connectivity index (χ0) is 21.4. The van der Waals surface area contributed by atoms with Crippen LogP contribution in [0.2, 0.25) is 0 Å². The van der Waals surface area contributed by atoms with Crippen LogP contribution in [0, 0.1) is 0 Å². The SMILES string of the molecule is COc1ccc(C(C)=O)cc1CC(=O)OCC(=O)Nc1ccc(OC(F)F)cc1. The number of Topliss-reactive ketones (excluding diaryl/α,β-unsaturated/α-hetero) is 1. The molecule has 0 aliphatic heterocycles. The number of amides is 1. The Morgan fingerprint density at radius 1 is 1.07 bits per heavy atom. The Hall–Kier alpha value is -3.49. The molecular formula is C20H19F2NO6. The first-order chi connectivity index (χ1) is 13.8. The van der Waals surface area contributed by atoms with Gasteiger partial charge in [-0.1, -0.05) is 0 Å². The molecule has 0 bridgehead atoms. The van der Waals surface area contributed by atoms with Gasteiger partial charge in [-0.15, -0.1) is 0 Å². The number of ketones is 1. The largest absolute Gasteiger partial charge is 0.496 e. The molecule has 9 heteroatoms. The summed E-state index contributed by atoms with van der Waals surface area (Å²) in [4.78, 5) is 35.4. The van der Waals surface area contributed by atoms with Crippen molar-refractivity contribution in [3.63, 3.8) is 0 Å². The zero-order valence-corrected chi connectivity index (χ0v) is 15.7. The molecule has 1 N–H and O–H groups in total. The highest BCUT2D eigenvalue weighted by Gasteiger charge is 2.14. The van der Waals surface area contributed by atoms with E-state index in [9.17, 15) is 23.2 Å². The minimum atomic E-state index is -2.94. The van der Waals surface area contributed by atoms with Crippen molar-refractivity contribution >= 4 is 23.3 Å². The first-order valence-corrected chi connectivity index (χ1v) is 8.46. The third kappa shape index (κ3) is 6.87. The van der Waals surface area contributed by atoms with Crippen molar-refractivity contribution in [1.82, 2.24) is 0 Å². The second-order valence-corrected chi connectivity index (χ2v) is 5.87. The van der Waals surface area contributed by atoms with Gasteiger partial charge in [0.05, 0.1) is 13.5 Å². The summed E-state index contributed by atoms with van der Waals surface area (Å²) in [7, 11) is 1.43. The molecular weight excluding hydrogens is 388 g/mol. The molecule has 0 aliphatic carbocycles. The van der Waals surface area contributed by atoms with E-state index in [1.54, 1.807) is 12.1 Å². The fraction of sp³-hybridized carbons (Fsp3) is 0.250. The van der Waals surface area contributed by atoms with E-state index in [2.05, 4.69) is 10.1 Å². The lowest BCUT2D eigenvalue weighted by molar-refractivity contribution is -0.146. The molecule has 29 heavy (non-hydrogen) atoms. The molecule has 2 rings (SSSR count). The molecule has 0 saturated heterocycles. The fourth-order valence-corrected chi connectivity index (χ4v) is 2.41. The number of nitrogens with one attached hydrogen (secondary N) is 1. The van der Waals surface area contributed by atoms with Crippen LogP contribution >= 0.6 is 0 Å². The monoisotopic (exact) mass is 407 g/mol. The zero-order valence-electron chi connectivity index (χ0n) is 15.7. The van der Waals surface area contributed by atoms with Crippen molar-refractivity contribution in [2.45, 2.75) is 20.0 Å². The van der Waals surface area contributed by atoms with E-state index in [1.807, 2.05) is 0 Å². The number of anilines is 1. The number of carbonyl (C=O) groups is 3. The van der Waals surface area contributed by atoms with E-state index in [0.717, 1.165) is 0 Å². The van der Waals surface area contributed by atoms with Crippen LogP contribution in [-0.4, -0.2) is 38.0 Å². The number of hydrogen-bond donors (Lipinski definition) is 1. The van der Waals surface area contributed by atoms with Gasteiger partial charge < -0.3 is 19.5 Å². The number of hydrogen-bond acceptors (Lipinski definition) is 6. The number of benzene rings is 2. The number of carbonyl (C=O) groups excluding carboxylic acids is 3. The van der Waals surface area contributed by atoms with Crippen LogP contribution in [0.4, 0.5) is 14.5 Å². The Morgan fingerprint density at radius 3 is 2.34 bits per heavy atom. The minimum Gasteiger partial charge on any atom is -0.496 e. The molecule has 0 atom stereocenters. The van der Waals surface area contributed by atoms with Gasteiger partial charge >= 0.3 is 12.6 Å². The van der Waals surface area contributed by atoms with Crippen LogP contribution in [0.5, 0.6) is 11.5 Å². The Bertz CT molecular complexity index is 883. The Kier molecular flexibility index (Phi) is 7.64. The van der Waals surface area contributed by atoms with Gasteiger partial charge in [-0.3, -0.25) is 14.4 Å². The molecule has 154 valence electrons. The molecule has 0 aromatic heterocycles. The topological polar surface area (TPSA) is 90.9 Å². The fourth-order valence-electron chi connectivity index (χ4n) is 2.41. The van der Waals surface area contributed by atoms with Gasteiger partial charge in [-0.25, -0.2) is 0 Å². The van der Waals surface area contributed by atoms with Gasteiger partial charge in [0.2, 0.25) is 0 Å². The lowest BCUT2D eigenvalue weighted by Gasteiger charge is -2.10. The van der Waals surface area contributed by atoms with Crippen molar-refractivity contribution < 1.29 is 37.4 Å². The summed E-state index contributed by atoms with van der Waals surface area (Å²) < 4.78 is 38.5. The molecule has 0 heterocycles. The van der Waals surface area contributed by atoms with E-state index in [4.69, 9.17) is 9.47 Å². The van der Waals surface area contributed by atoms with Crippen LogP contribution in [0.1, 0.15) is 22.8 Å². The predicted molar refractivity (Wildman–Crippen MR) is 99.4 cm³/mol. The van der Waals surface area contributed by atoms with Gasteiger partial charge in [-0.05, 0) is 49.4 Å². The number of methoxy groups -OCH3 is 1. The Labute approximate surface area is 165 Å². The van der Waals surface area contributed by atoms with Crippen molar-refractivity contribution in [3.8, 4) is 11.5 Å². The molecule has 2 aromatic carbocycles. The quantitative estimate of drug-likeness (QED) is 0.507. The summed E-state index contributed by atoms with van der Waals surface area (Å²) in [5.41, 5.74) is 1.20. The van der Waals surface area contributed by atoms with Crippen molar-refractivity contribution in [3.05, 3.63) is 53.6 Å². The second-order valence-electron chi connectivity index (χ2n) is 5.87. The molecule has 0 unspecified atom stereocenters. The van der Waals surface area contributed by atoms with E-state index in [1.165, 1.54) is 44.4 Å². The van der Waals surface area contributed by atoms with Crippen LogP contribution in [-0.2, 0) is 20.7 Å². The number of halogens is 2. The third-order valence-corrected chi connectivity index (χ3v) is 3.75. The normalized spacial score (nSPS) is 10.4. The maximum absolute atomic E-state index is 12.1. The van der Waals surface area contributed by atoms with Gasteiger partial charge in [0.1, 0.15) is 11.5 Å². The minimum absolute atomic E-state index is 0.0498. The molecule has 0 saturated carbocycles. The molecule has 0 radical (unpaired) electrons. The van der Waals surface area contributed by atoms with Crippen molar-refractivity contribution in [2.75, 3.05) is 19.0 Å². The predicted octanol–water partition coefficient (Wildman–Crippen LogP) is 3.22. The van der Waals surface area contributed by atoms with E-state index in [-0.39, 0.29) is 18.0 Å². The smallest absolute Gasteiger partial charge is 0.387 e. The molecule has 1 amide bonds. The highest BCUT2D eigenvalue weighted by Crippen LogP contribution is 2.21. The Balaban J connectivity index is 1.88. The standard InChI is InChI=1S/C20H19F2NO6/c1-12(24)13-3-8-17(27-2)14(9-13)10-19(26)28-11-18(25)23-15-4-6-16(7-5-15)29-20(21)22/h3-9,20H,10-11H2,1-2H3,(H,23,25). The van der Waals surface area contributed by atoms with E-state index in [0.29, 0.717) is 22.6 Å². The van der Waals surface area contributed by atoms with E-state index < -0.39 is 25.1 Å². The first-order valence-electron chi connectivity index (χ1n) is 8.46. The number of rotatable bonds is 9. The second kappa shape index (κ2) is 10.2. The highest BCUT2D eigenvalue weighted by atomic mass is 19.3. The van der Waals surface area contributed by atoms with Gasteiger partial charge in [0.25, 0.3) is 5.91 Å². The van der Waals surface area contributed by atoms with Gasteiger partial charge in [-0.2, -0.15) is 8.78 Å². The summed E-state index contributed by atoms with van der Waals surface area (Å²) in [5, 5.41) is 2.46. The molecule has 7 nitrogen and oxygen atoms in total. The van der Waals surface area contributed by atoms with Crippen molar-refractivity contribution in [2.24, 2.45) is 0 Å². The van der Waals surface area contributed by atoms with Crippen LogP contribution in [0.3, 0.4) is 0 Å². The van der Waals surface area contributed by atoms with Gasteiger partial charge in [0, 0.05) is 16.8 Å². The molecule has 0 spiro atoms. The van der Waals surface area contributed by atoms with Crippen LogP contribution in [0.25, 0.3) is 0 Å². The maximum atomic E-state index is 12.1. The number of alkyl halides is 2. The summed E-state index contributed by atoms with van der Waals surface area (Å²) in [5.74, 6) is -1.08. The summed E-state index contributed by atoms with van der Waals surface area (Å²) in [6.45, 7) is -2.08. The first kappa shape index (κ1) is 21.8. The van der Waals surface area contributed by atoms with Gasteiger partial charge in [0.15, 0.2) is 12.4 Å². The summed E-state index contributed by atoms with van der Waals surface area (Å²) in [6, 6.07) is 9.97. The highest BCUT2D eigenvalue weighted by molar-refractivity contribution is 5.95. The lowest BCUT2D eigenvalue weighted by atomic mass is 10.0. The van der Waals surface area contributed by atoms with Crippen LogP contribution in [0.15, 0.2) is 42.5 Å². The lowest BCUT2D eigenvalue weighted by Crippen LogP contribution is -2.21. The molecule has 0 aliphatic rings. The van der Waals surface area contributed by atoms with E-state index >= 15 is 0 Å². The molecule has 0 fully saturated rings. The number of ether oxygens (including phenoxy) is 3.